The number of ether oxygens (including phenoxy) is 1. The van der Waals surface area contributed by atoms with Crippen molar-refractivity contribution in [2.45, 2.75) is 6.18 Å². The number of alkyl halides is 3. The highest BCUT2D eigenvalue weighted by atomic mass is 35.5. The first-order chi connectivity index (χ1) is 11.7. The summed E-state index contributed by atoms with van der Waals surface area (Å²) < 4.78 is 43.7. The van der Waals surface area contributed by atoms with Gasteiger partial charge in [-0.2, -0.15) is 18.4 Å². The zero-order valence-electron chi connectivity index (χ0n) is 12.4. The number of nitriles is 1. The normalized spacial score (nSPS) is 10.8. The molecule has 0 aliphatic heterocycles. The van der Waals surface area contributed by atoms with E-state index < -0.39 is 24.3 Å². The zero-order chi connectivity index (χ0) is 18.6. The third-order valence-electron chi connectivity index (χ3n) is 3.02. The quantitative estimate of drug-likeness (QED) is 0.808. The molecule has 130 valence electrons. The van der Waals surface area contributed by atoms with E-state index in [2.05, 4.69) is 5.32 Å². The lowest BCUT2D eigenvalue weighted by Gasteiger charge is -2.14. The summed E-state index contributed by atoms with van der Waals surface area (Å²) in [7, 11) is 0. The Bertz CT molecular complexity index is 847. The first kappa shape index (κ1) is 18.4. The molecular weight excluding hydrogens is 361 g/mol. The highest BCUT2D eigenvalue weighted by Crippen LogP contribution is 2.36. The summed E-state index contributed by atoms with van der Waals surface area (Å²) in [5.74, 6) is -1.16. The SMILES string of the molecule is N#Cc1cc(C(F)(F)F)ccc1Oc1cc(Cl)ccc1NCC(=O)O. The first-order valence-electron chi connectivity index (χ1n) is 6.75. The van der Waals surface area contributed by atoms with E-state index in [1.165, 1.54) is 18.2 Å². The van der Waals surface area contributed by atoms with Crippen LogP contribution in [0.5, 0.6) is 11.5 Å². The summed E-state index contributed by atoms with van der Waals surface area (Å²) in [6.07, 6.45) is -4.59. The van der Waals surface area contributed by atoms with Gasteiger partial charge in [-0.3, -0.25) is 4.79 Å². The molecule has 2 aromatic rings. The summed E-state index contributed by atoms with van der Waals surface area (Å²) in [4.78, 5) is 10.7. The third-order valence-corrected chi connectivity index (χ3v) is 3.26. The van der Waals surface area contributed by atoms with Crippen LogP contribution in [0.3, 0.4) is 0 Å². The van der Waals surface area contributed by atoms with Gasteiger partial charge in [-0.1, -0.05) is 11.6 Å². The monoisotopic (exact) mass is 370 g/mol. The number of anilines is 1. The van der Waals surface area contributed by atoms with Crippen molar-refractivity contribution in [1.82, 2.24) is 0 Å². The van der Waals surface area contributed by atoms with Crippen molar-refractivity contribution in [2.75, 3.05) is 11.9 Å². The second-order valence-electron chi connectivity index (χ2n) is 4.81. The summed E-state index contributed by atoms with van der Waals surface area (Å²) in [6.45, 7) is -0.407. The van der Waals surface area contributed by atoms with E-state index in [1.807, 2.05) is 0 Å². The first-order valence-corrected chi connectivity index (χ1v) is 7.13. The van der Waals surface area contributed by atoms with Gasteiger partial charge in [0.25, 0.3) is 0 Å². The molecule has 0 aliphatic rings. The average Bonchev–Trinajstić information content (AvgIpc) is 2.53. The van der Waals surface area contributed by atoms with Crippen molar-refractivity contribution in [3.8, 4) is 17.6 Å². The van der Waals surface area contributed by atoms with Crippen molar-refractivity contribution < 1.29 is 27.8 Å². The fourth-order valence-electron chi connectivity index (χ4n) is 1.90. The smallest absolute Gasteiger partial charge is 0.416 e. The number of nitrogens with zero attached hydrogens (tertiary/aromatic N) is 1. The molecule has 0 aromatic heterocycles. The van der Waals surface area contributed by atoms with Crippen LogP contribution in [0.1, 0.15) is 11.1 Å². The van der Waals surface area contributed by atoms with E-state index in [9.17, 15) is 18.0 Å². The van der Waals surface area contributed by atoms with Gasteiger partial charge in [-0.15, -0.1) is 0 Å². The molecule has 25 heavy (non-hydrogen) atoms. The van der Waals surface area contributed by atoms with Gasteiger partial charge in [0.15, 0.2) is 5.75 Å². The van der Waals surface area contributed by atoms with Gasteiger partial charge in [-0.05, 0) is 30.3 Å². The van der Waals surface area contributed by atoms with Crippen LogP contribution < -0.4 is 10.1 Å². The fourth-order valence-corrected chi connectivity index (χ4v) is 2.06. The summed E-state index contributed by atoms with van der Waals surface area (Å²) in [5, 5.41) is 20.6. The van der Waals surface area contributed by atoms with Crippen molar-refractivity contribution in [1.29, 1.82) is 5.26 Å². The van der Waals surface area contributed by atoms with Gasteiger partial charge in [0.05, 0.1) is 16.8 Å². The van der Waals surface area contributed by atoms with Crippen molar-refractivity contribution in [2.24, 2.45) is 0 Å². The molecule has 0 spiro atoms. The van der Waals surface area contributed by atoms with Gasteiger partial charge in [0, 0.05) is 11.1 Å². The minimum absolute atomic E-state index is 0.0741. The molecule has 9 heteroatoms. The number of carboxylic acid groups (broad SMARTS) is 1. The van der Waals surface area contributed by atoms with Crippen LogP contribution in [-0.2, 0) is 11.0 Å². The lowest BCUT2D eigenvalue weighted by atomic mass is 10.1. The number of aliphatic carboxylic acids is 1. The highest BCUT2D eigenvalue weighted by molar-refractivity contribution is 6.30. The van der Waals surface area contributed by atoms with E-state index in [0.29, 0.717) is 6.07 Å². The van der Waals surface area contributed by atoms with E-state index in [1.54, 1.807) is 6.07 Å². The van der Waals surface area contributed by atoms with Crippen LogP contribution in [0.25, 0.3) is 0 Å². The Balaban J connectivity index is 2.38. The molecule has 0 amide bonds. The predicted octanol–water partition coefficient (Wildman–Crippen LogP) is 4.52. The van der Waals surface area contributed by atoms with Crippen LogP contribution in [0.15, 0.2) is 36.4 Å². The zero-order valence-corrected chi connectivity index (χ0v) is 13.1. The Kier molecular flexibility index (Phi) is 5.39. The number of benzene rings is 2. The lowest BCUT2D eigenvalue weighted by Crippen LogP contribution is -2.12. The van der Waals surface area contributed by atoms with Gasteiger partial charge >= 0.3 is 12.1 Å². The molecule has 0 aliphatic carbocycles. The molecule has 0 saturated carbocycles. The molecular formula is C16H10ClF3N2O3. The molecule has 0 fully saturated rings. The number of hydrogen-bond donors (Lipinski definition) is 2. The van der Waals surface area contributed by atoms with Crippen molar-refractivity contribution in [3.05, 3.63) is 52.5 Å². The number of carbonyl (C=O) groups is 1. The Morgan fingerprint density at radius 1 is 1.24 bits per heavy atom. The summed E-state index contributed by atoms with van der Waals surface area (Å²) in [6, 6.07) is 8.40. The number of halogens is 4. The van der Waals surface area contributed by atoms with E-state index in [-0.39, 0.29) is 27.8 Å². The lowest BCUT2D eigenvalue weighted by molar-refractivity contribution is -0.137. The second-order valence-corrected chi connectivity index (χ2v) is 5.25. The Morgan fingerprint density at radius 2 is 1.96 bits per heavy atom. The van der Waals surface area contributed by atoms with Crippen LogP contribution in [0, 0.1) is 11.3 Å². The van der Waals surface area contributed by atoms with E-state index in [4.69, 9.17) is 26.7 Å². The minimum Gasteiger partial charge on any atom is -0.480 e. The van der Waals surface area contributed by atoms with E-state index in [0.717, 1.165) is 12.1 Å². The second kappa shape index (κ2) is 7.32. The van der Waals surface area contributed by atoms with Gasteiger partial charge < -0.3 is 15.2 Å². The number of carboxylic acids is 1. The molecule has 0 atom stereocenters. The Labute approximate surface area is 145 Å². The number of nitrogens with one attached hydrogen (secondary N) is 1. The predicted molar refractivity (Wildman–Crippen MR) is 83.8 cm³/mol. The van der Waals surface area contributed by atoms with Crippen molar-refractivity contribution in [3.63, 3.8) is 0 Å². The van der Waals surface area contributed by atoms with Crippen LogP contribution in [0.2, 0.25) is 5.02 Å². The molecule has 2 rings (SSSR count). The van der Waals surface area contributed by atoms with Crippen LogP contribution in [0.4, 0.5) is 18.9 Å². The van der Waals surface area contributed by atoms with Crippen LogP contribution >= 0.6 is 11.6 Å². The largest absolute Gasteiger partial charge is 0.480 e. The topological polar surface area (TPSA) is 82.3 Å². The fraction of sp³-hybridized carbons (Fsp3) is 0.125. The minimum atomic E-state index is -4.59. The third kappa shape index (κ3) is 4.78. The Morgan fingerprint density at radius 3 is 2.56 bits per heavy atom. The van der Waals surface area contributed by atoms with Crippen LogP contribution in [-0.4, -0.2) is 17.6 Å². The van der Waals surface area contributed by atoms with Gasteiger partial charge in [0.1, 0.15) is 18.4 Å². The molecule has 0 unspecified atom stereocenters. The molecule has 0 bridgehead atoms. The maximum absolute atomic E-state index is 12.7. The van der Waals surface area contributed by atoms with Crippen molar-refractivity contribution >= 4 is 23.3 Å². The molecule has 2 aromatic carbocycles. The van der Waals surface area contributed by atoms with E-state index >= 15 is 0 Å². The molecule has 5 nitrogen and oxygen atoms in total. The summed E-state index contributed by atoms with van der Waals surface area (Å²) in [5.41, 5.74) is -1.04. The molecule has 0 saturated heterocycles. The molecule has 2 N–H and O–H groups in total. The molecule has 0 heterocycles. The maximum atomic E-state index is 12.7. The Hall–Kier alpha value is -2.92. The molecule has 0 radical (unpaired) electrons. The number of rotatable bonds is 5. The number of hydrogen-bond acceptors (Lipinski definition) is 4. The summed E-state index contributed by atoms with van der Waals surface area (Å²) >= 11 is 5.87. The van der Waals surface area contributed by atoms with Gasteiger partial charge in [-0.25, -0.2) is 0 Å². The average molecular weight is 371 g/mol. The van der Waals surface area contributed by atoms with Gasteiger partial charge in [0.2, 0.25) is 0 Å². The maximum Gasteiger partial charge on any atom is 0.416 e. The highest BCUT2D eigenvalue weighted by Gasteiger charge is 2.31. The standard InChI is InChI=1S/C16H10ClF3N2O3/c17-11-2-3-12(22-8-15(23)24)14(6-11)25-13-4-1-10(16(18,19)20)5-9(13)7-21/h1-6,22H,8H2,(H,23,24).